The average molecular weight is 360 g/mol. The molecule has 0 aliphatic carbocycles. The Kier molecular flexibility index (Phi) is 4.95. The summed E-state index contributed by atoms with van der Waals surface area (Å²) in [7, 11) is -2.80. The first-order chi connectivity index (χ1) is 10.3. The highest BCUT2D eigenvalue weighted by Gasteiger charge is 2.22. The van der Waals surface area contributed by atoms with Gasteiger partial charge in [0, 0.05) is 0 Å². The zero-order chi connectivity index (χ0) is 16.3. The molecule has 1 N–H and O–H groups in total. The highest BCUT2D eigenvalue weighted by molar-refractivity contribution is 7.92. The van der Waals surface area contributed by atoms with Gasteiger partial charge in [-0.15, -0.1) is 0 Å². The van der Waals surface area contributed by atoms with Gasteiger partial charge < -0.3 is 4.74 Å². The summed E-state index contributed by atoms with van der Waals surface area (Å²) in [4.78, 5) is 11.5. The molecule has 0 bridgehead atoms. The molecule has 0 saturated heterocycles. The van der Waals surface area contributed by atoms with Crippen LogP contribution in [0.5, 0.6) is 0 Å². The van der Waals surface area contributed by atoms with Gasteiger partial charge in [-0.2, -0.15) is 0 Å². The number of rotatable bonds is 4. The fourth-order valence-corrected chi connectivity index (χ4v) is 3.29. The van der Waals surface area contributed by atoms with E-state index in [2.05, 4.69) is 9.46 Å². The Morgan fingerprint density at radius 2 is 1.77 bits per heavy atom. The molecule has 2 aromatic carbocycles. The van der Waals surface area contributed by atoms with Gasteiger partial charge in [0.1, 0.15) is 4.90 Å². The number of benzene rings is 2. The van der Waals surface area contributed by atoms with E-state index in [1.807, 2.05) is 0 Å². The van der Waals surface area contributed by atoms with Gasteiger partial charge in [0.05, 0.1) is 28.4 Å². The lowest BCUT2D eigenvalue weighted by Gasteiger charge is -2.11. The van der Waals surface area contributed by atoms with Crippen molar-refractivity contribution in [3.05, 3.63) is 58.1 Å². The summed E-state index contributed by atoms with van der Waals surface area (Å²) >= 11 is 11.6. The van der Waals surface area contributed by atoms with E-state index in [9.17, 15) is 13.2 Å². The van der Waals surface area contributed by atoms with Crippen molar-refractivity contribution in [1.29, 1.82) is 0 Å². The first-order valence-corrected chi connectivity index (χ1v) is 8.24. The number of nitrogens with one attached hydrogen (secondary N) is 1. The quantitative estimate of drug-likeness (QED) is 0.846. The average Bonchev–Trinajstić information content (AvgIpc) is 2.50. The second-order valence-corrected chi connectivity index (χ2v) is 6.69. The van der Waals surface area contributed by atoms with Crippen molar-refractivity contribution in [3.8, 4) is 0 Å². The van der Waals surface area contributed by atoms with Crippen LogP contribution in [-0.4, -0.2) is 21.5 Å². The van der Waals surface area contributed by atoms with Crippen LogP contribution in [0.1, 0.15) is 10.4 Å². The van der Waals surface area contributed by atoms with E-state index >= 15 is 0 Å². The van der Waals surface area contributed by atoms with Crippen molar-refractivity contribution in [2.45, 2.75) is 4.90 Å². The number of carbonyl (C=O) groups excluding carboxylic acids is 1. The summed E-state index contributed by atoms with van der Waals surface area (Å²) in [6.45, 7) is 0. The molecule has 22 heavy (non-hydrogen) atoms. The van der Waals surface area contributed by atoms with Crippen LogP contribution in [0.2, 0.25) is 10.0 Å². The van der Waals surface area contributed by atoms with Crippen molar-refractivity contribution >= 4 is 44.9 Å². The fourth-order valence-electron chi connectivity index (χ4n) is 1.75. The second kappa shape index (κ2) is 6.56. The zero-order valence-electron chi connectivity index (χ0n) is 11.3. The molecule has 8 heteroatoms. The summed E-state index contributed by atoms with van der Waals surface area (Å²) in [6.07, 6.45) is 0. The number of halogens is 2. The van der Waals surface area contributed by atoms with Crippen LogP contribution in [0.4, 0.5) is 5.69 Å². The van der Waals surface area contributed by atoms with E-state index in [1.165, 1.54) is 43.5 Å². The van der Waals surface area contributed by atoms with E-state index in [-0.39, 0.29) is 21.2 Å². The summed E-state index contributed by atoms with van der Waals surface area (Å²) in [5.74, 6) is -0.741. The molecule has 116 valence electrons. The van der Waals surface area contributed by atoms with Crippen LogP contribution in [0.15, 0.2) is 47.4 Å². The third-order valence-corrected chi connectivity index (χ3v) is 4.93. The predicted molar refractivity (Wildman–Crippen MR) is 85.1 cm³/mol. The maximum Gasteiger partial charge on any atom is 0.339 e. The zero-order valence-corrected chi connectivity index (χ0v) is 13.7. The molecule has 0 unspecified atom stereocenters. The van der Waals surface area contributed by atoms with Crippen molar-refractivity contribution in [2.75, 3.05) is 11.8 Å². The first kappa shape index (κ1) is 16.6. The van der Waals surface area contributed by atoms with Gasteiger partial charge in [-0.1, -0.05) is 35.3 Å². The molecule has 0 aromatic heterocycles. The number of hydrogen-bond donors (Lipinski definition) is 1. The first-order valence-electron chi connectivity index (χ1n) is 6.00. The van der Waals surface area contributed by atoms with Gasteiger partial charge in [0.15, 0.2) is 0 Å². The molecule has 2 aromatic rings. The molecule has 0 aliphatic rings. The summed E-state index contributed by atoms with van der Waals surface area (Å²) in [5.41, 5.74) is 0.173. The van der Waals surface area contributed by atoms with Gasteiger partial charge in [-0.05, 0) is 30.3 Å². The number of carbonyl (C=O) groups is 1. The van der Waals surface area contributed by atoms with Crippen molar-refractivity contribution in [2.24, 2.45) is 0 Å². The lowest BCUT2D eigenvalue weighted by molar-refractivity contribution is 0.0596. The Morgan fingerprint density at radius 3 is 2.41 bits per heavy atom. The maximum atomic E-state index is 12.4. The molecule has 0 radical (unpaired) electrons. The van der Waals surface area contributed by atoms with Crippen LogP contribution >= 0.6 is 23.2 Å². The minimum absolute atomic E-state index is 0.0578. The molecule has 0 heterocycles. The van der Waals surface area contributed by atoms with Crippen molar-refractivity contribution in [3.63, 3.8) is 0 Å². The molecule has 0 saturated carbocycles. The molecule has 2 rings (SSSR count). The number of methoxy groups -OCH3 is 1. The van der Waals surface area contributed by atoms with Crippen molar-refractivity contribution in [1.82, 2.24) is 0 Å². The van der Waals surface area contributed by atoms with E-state index < -0.39 is 16.0 Å². The predicted octanol–water partition coefficient (Wildman–Crippen LogP) is 3.58. The number of ether oxygens (including phenoxy) is 1. The van der Waals surface area contributed by atoms with E-state index in [0.717, 1.165) is 0 Å². The highest BCUT2D eigenvalue weighted by atomic mass is 35.5. The van der Waals surface area contributed by atoms with Gasteiger partial charge >= 0.3 is 5.97 Å². The van der Waals surface area contributed by atoms with Gasteiger partial charge in [0.2, 0.25) is 0 Å². The van der Waals surface area contributed by atoms with E-state index in [0.29, 0.717) is 5.02 Å². The van der Waals surface area contributed by atoms with Crippen LogP contribution in [0.25, 0.3) is 0 Å². The maximum absolute atomic E-state index is 12.4. The molecule has 5 nitrogen and oxygen atoms in total. The molecule has 0 spiro atoms. The third-order valence-electron chi connectivity index (χ3n) is 2.75. The lowest BCUT2D eigenvalue weighted by Crippen LogP contribution is -2.17. The molecule has 0 fully saturated rings. The SMILES string of the molecule is COC(=O)c1ccccc1S(=O)(=O)Nc1ccc(Cl)c(Cl)c1. The molecular weight excluding hydrogens is 349 g/mol. The number of anilines is 1. The largest absolute Gasteiger partial charge is 0.465 e. The van der Waals surface area contributed by atoms with Gasteiger partial charge in [-0.3, -0.25) is 4.72 Å². The molecule has 0 aliphatic heterocycles. The Balaban J connectivity index is 2.43. The Morgan fingerprint density at radius 1 is 1.09 bits per heavy atom. The minimum atomic E-state index is -3.98. The Hall–Kier alpha value is -1.76. The highest BCUT2D eigenvalue weighted by Crippen LogP contribution is 2.27. The molecule has 0 atom stereocenters. The lowest BCUT2D eigenvalue weighted by atomic mass is 10.2. The van der Waals surface area contributed by atoms with Crippen molar-refractivity contribution < 1.29 is 17.9 Å². The van der Waals surface area contributed by atoms with Gasteiger partial charge in [0.25, 0.3) is 10.0 Å². The number of sulfonamides is 1. The minimum Gasteiger partial charge on any atom is -0.465 e. The van der Waals surface area contributed by atoms with Crippen LogP contribution in [0.3, 0.4) is 0 Å². The van der Waals surface area contributed by atoms with Crippen LogP contribution in [0, 0.1) is 0 Å². The Labute approximate surface area is 137 Å². The summed E-state index contributed by atoms with van der Waals surface area (Å²) < 4.78 is 31.8. The van der Waals surface area contributed by atoms with Crippen LogP contribution < -0.4 is 4.72 Å². The number of hydrogen-bond acceptors (Lipinski definition) is 4. The third kappa shape index (κ3) is 3.52. The smallest absolute Gasteiger partial charge is 0.339 e. The van der Waals surface area contributed by atoms with E-state index in [1.54, 1.807) is 6.07 Å². The molecule has 0 amide bonds. The Bertz CT molecular complexity index is 821. The topological polar surface area (TPSA) is 72.5 Å². The number of esters is 1. The van der Waals surface area contributed by atoms with E-state index in [4.69, 9.17) is 23.2 Å². The normalized spacial score (nSPS) is 11.0. The molecular formula is C14H11Cl2NO4S. The fraction of sp³-hybridized carbons (Fsp3) is 0.0714. The monoisotopic (exact) mass is 359 g/mol. The second-order valence-electron chi connectivity index (χ2n) is 4.22. The van der Waals surface area contributed by atoms with Gasteiger partial charge in [-0.25, -0.2) is 13.2 Å². The standard InChI is InChI=1S/C14H11Cl2NO4S/c1-21-14(18)10-4-2-3-5-13(10)22(19,20)17-9-6-7-11(15)12(16)8-9/h2-8,17H,1H3. The van der Waals surface area contributed by atoms with Crippen LogP contribution in [-0.2, 0) is 14.8 Å². The summed E-state index contributed by atoms with van der Waals surface area (Å²) in [5, 5.41) is 0.516. The summed E-state index contributed by atoms with van der Waals surface area (Å²) in [6, 6.07) is 10.0.